The summed E-state index contributed by atoms with van der Waals surface area (Å²) >= 11 is 0. The number of benzene rings is 1. The zero-order chi connectivity index (χ0) is 18.0. The first kappa shape index (κ1) is 17.2. The summed E-state index contributed by atoms with van der Waals surface area (Å²) in [5, 5.41) is 12.9. The molecule has 1 saturated carbocycles. The summed E-state index contributed by atoms with van der Waals surface area (Å²) in [5.74, 6) is -0.434. The highest BCUT2D eigenvalue weighted by Gasteiger charge is 2.40. The number of aromatic nitrogens is 2. The molecule has 1 unspecified atom stereocenters. The van der Waals surface area contributed by atoms with Crippen LogP contribution < -0.4 is 5.32 Å². The third kappa shape index (κ3) is 3.26. The highest BCUT2D eigenvalue weighted by molar-refractivity contribution is 6.03. The van der Waals surface area contributed by atoms with Crippen molar-refractivity contribution in [3.05, 3.63) is 30.0 Å². The van der Waals surface area contributed by atoms with E-state index in [1.807, 2.05) is 24.3 Å². The van der Waals surface area contributed by atoms with E-state index in [4.69, 9.17) is 9.47 Å². The number of rotatable bonds is 4. The van der Waals surface area contributed by atoms with Crippen LogP contribution in [0.5, 0.6) is 0 Å². The molecule has 2 aliphatic rings. The maximum atomic E-state index is 12.4. The van der Waals surface area contributed by atoms with Crippen molar-refractivity contribution in [2.24, 2.45) is 0 Å². The van der Waals surface area contributed by atoms with Gasteiger partial charge >= 0.3 is 5.97 Å². The van der Waals surface area contributed by atoms with Gasteiger partial charge in [0.05, 0.1) is 23.4 Å². The predicted octanol–water partition coefficient (Wildman–Crippen LogP) is 3.71. The Hall–Kier alpha value is -2.21. The van der Waals surface area contributed by atoms with Crippen molar-refractivity contribution >= 4 is 22.6 Å². The highest BCUT2D eigenvalue weighted by Crippen LogP contribution is 2.41. The Morgan fingerprint density at radius 3 is 2.92 bits per heavy atom. The molecule has 138 valence electrons. The average molecular weight is 355 g/mol. The lowest BCUT2D eigenvalue weighted by molar-refractivity contribution is -0.0767. The predicted molar refractivity (Wildman–Crippen MR) is 99.3 cm³/mol. The zero-order valence-electron chi connectivity index (χ0n) is 15.2. The zero-order valence-corrected chi connectivity index (χ0v) is 15.2. The minimum absolute atomic E-state index is 0.0102. The van der Waals surface area contributed by atoms with Gasteiger partial charge in [-0.2, -0.15) is 0 Å². The molecular formula is C20H25N3O3. The molecule has 1 atom stereocenters. The number of nitrogens with one attached hydrogen (secondary N) is 1. The van der Waals surface area contributed by atoms with Gasteiger partial charge in [0, 0.05) is 18.0 Å². The molecule has 1 aliphatic carbocycles. The molecule has 1 saturated heterocycles. The fourth-order valence-electron chi connectivity index (χ4n) is 4.26. The molecule has 0 bridgehead atoms. The Bertz CT molecular complexity index is 802. The Morgan fingerprint density at radius 1 is 1.31 bits per heavy atom. The second-order valence-electron chi connectivity index (χ2n) is 7.23. The highest BCUT2D eigenvalue weighted by atomic mass is 16.5. The van der Waals surface area contributed by atoms with E-state index in [2.05, 4.69) is 15.5 Å². The smallest absolute Gasteiger partial charge is 0.361 e. The van der Waals surface area contributed by atoms with Crippen molar-refractivity contribution in [2.75, 3.05) is 18.5 Å². The van der Waals surface area contributed by atoms with Crippen molar-refractivity contribution in [2.45, 2.75) is 57.1 Å². The maximum Gasteiger partial charge on any atom is 0.361 e. The molecule has 0 amide bonds. The second kappa shape index (κ2) is 7.19. The van der Waals surface area contributed by atoms with Crippen LogP contribution in [-0.2, 0) is 9.47 Å². The van der Waals surface area contributed by atoms with E-state index in [1.54, 1.807) is 6.92 Å². The summed E-state index contributed by atoms with van der Waals surface area (Å²) < 4.78 is 11.3. The molecule has 6 nitrogen and oxygen atoms in total. The normalized spacial score (nSPS) is 21.8. The molecule has 6 heteroatoms. The van der Waals surface area contributed by atoms with E-state index >= 15 is 0 Å². The molecule has 2 fully saturated rings. The van der Waals surface area contributed by atoms with E-state index in [0.29, 0.717) is 6.61 Å². The molecule has 0 radical (unpaired) electrons. The van der Waals surface area contributed by atoms with Gasteiger partial charge in [-0.3, -0.25) is 0 Å². The van der Waals surface area contributed by atoms with Gasteiger partial charge in [-0.05, 0) is 38.7 Å². The minimum atomic E-state index is -0.434. The number of anilines is 1. The van der Waals surface area contributed by atoms with E-state index < -0.39 is 5.97 Å². The SMILES string of the molecule is CCOC(=O)c1nnc2ccccc2c1NC1CCOC2(CCCC2)C1. The van der Waals surface area contributed by atoms with Gasteiger partial charge in [-0.15, -0.1) is 10.2 Å². The Kier molecular flexibility index (Phi) is 4.76. The monoisotopic (exact) mass is 355 g/mol. The van der Waals surface area contributed by atoms with Crippen LogP contribution in [-0.4, -0.2) is 41.0 Å². The molecule has 1 spiro atoms. The van der Waals surface area contributed by atoms with Crippen LogP contribution in [0.4, 0.5) is 5.69 Å². The quantitative estimate of drug-likeness (QED) is 0.843. The van der Waals surface area contributed by atoms with Gasteiger partial charge < -0.3 is 14.8 Å². The van der Waals surface area contributed by atoms with Crippen LogP contribution >= 0.6 is 0 Å². The summed E-state index contributed by atoms with van der Waals surface area (Å²) in [6.07, 6.45) is 6.62. The van der Waals surface area contributed by atoms with Crippen LogP contribution in [0.25, 0.3) is 10.9 Å². The Balaban J connectivity index is 1.67. The molecule has 1 N–H and O–H groups in total. The fraction of sp³-hybridized carbons (Fsp3) is 0.550. The fourth-order valence-corrected chi connectivity index (χ4v) is 4.26. The van der Waals surface area contributed by atoms with Crippen LogP contribution in [0.3, 0.4) is 0 Å². The maximum absolute atomic E-state index is 12.4. The summed E-state index contributed by atoms with van der Waals surface area (Å²) in [5.41, 5.74) is 1.77. The van der Waals surface area contributed by atoms with Gasteiger partial charge in [0.1, 0.15) is 0 Å². The standard InChI is InChI=1S/C20H25N3O3/c1-2-25-19(24)18-17(15-7-3-4-8-16(15)22-23-18)21-14-9-12-26-20(13-14)10-5-6-11-20/h3-4,7-8,14H,2,5-6,9-13H2,1H3,(H,21,22). The molecule has 4 rings (SSSR count). The number of ether oxygens (including phenoxy) is 2. The number of nitrogens with zero attached hydrogens (tertiary/aromatic N) is 2. The van der Waals surface area contributed by atoms with E-state index in [-0.39, 0.29) is 17.3 Å². The van der Waals surface area contributed by atoms with Gasteiger partial charge in [0.15, 0.2) is 5.69 Å². The lowest BCUT2D eigenvalue weighted by Crippen LogP contribution is -2.42. The Morgan fingerprint density at radius 2 is 2.12 bits per heavy atom. The first-order valence-electron chi connectivity index (χ1n) is 9.54. The largest absolute Gasteiger partial charge is 0.461 e. The number of hydrogen-bond acceptors (Lipinski definition) is 6. The number of carbonyl (C=O) groups is 1. The van der Waals surface area contributed by atoms with Gasteiger partial charge in [0.2, 0.25) is 0 Å². The van der Waals surface area contributed by atoms with Crippen LogP contribution in [0.15, 0.2) is 24.3 Å². The molecule has 1 aromatic heterocycles. The van der Waals surface area contributed by atoms with Crippen LogP contribution in [0, 0.1) is 0 Å². The van der Waals surface area contributed by atoms with Crippen LogP contribution in [0.2, 0.25) is 0 Å². The van der Waals surface area contributed by atoms with Crippen molar-refractivity contribution in [1.82, 2.24) is 10.2 Å². The molecule has 2 aromatic rings. The minimum Gasteiger partial charge on any atom is -0.461 e. The first-order chi connectivity index (χ1) is 12.7. The molecule has 2 heterocycles. The number of esters is 1. The first-order valence-corrected chi connectivity index (χ1v) is 9.54. The number of hydrogen-bond donors (Lipinski definition) is 1. The van der Waals surface area contributed by atoms with Crippen molar-refractivity contribution < 1.29 is 14.3 Å². The molecule has 1 aromatic carbocycles. The van der Waals surface area contributed by atoms with Gasteiger partial charge in [0.25, 0.3) is 0 Å². The van der Waals surface area contributed by atoms with E-state index in [9.17, 15) is 4.79 Å². The van der Waals surface area contributed by atoms with E-state index in [0.717, 1.165) is 48.9 Å². The molecule has 1 aliphatic heterocycles. The third-order valence-electron chi connectivity index (χ3n) is 5.49. The van der Waals surface area contributed by atoms with E-state index in [1.165, 1.54) is 12.8 Å². The van der Waals surface area contributed by atoms with Crippen LogP contribution in [0.1, 0.15) is 55.9 Å². The summed E-state index contributed by atoms with van der Waals surface area (Å²) in [6, 6.07) is 8.01. The average Bonchev–Trinajstić information content (AvgIpc) is 3.09. The molecular weight excluding hydrogens is 330 g/mol. The summed E-state index contributed by atoms with van der Waals surface area (Å²) in [6.45, 7) is 2.86. The van der Waals surface area contributed by atoms with Crippen molar-refractivity contribution in [3.63, 3.8) is 0 Å². The third-order valence-corrected chi connectivity index (χ3v) is 5.49. The lowest BCUT2D eigenvalue weighted by atomic mass is 9.88. The van der Waals surface area contributed by atoms with Gasteiger partial charge in [-0.25, -0.2) is 4.79 Å². The number of fused-ring (bicyclic) bond motifs is 1. The Labute approximate surface area is 153 Å². The van der Waals surface area contributed by atoms with Crippen molar-refractivity contribution in [1.29, 1.82) is 0 Å². The number of carbonyl (C=O) groups excluding carboxylic acids is 1. The van der Waals surface area contributed by atoms with Gasteiger partial charge in [-0.1, -0.05) is 31.0 Å². The van der Waals surface area contributed by atoms with Crippen molar-refractivity contribution in [3.8, 4) is 0 Å². The summed E-state index contributed by atoms with van der Waals surface area (Å²) in [7, 11) is 0. The lowest BCUT2D eigenvalue weighted by Gasteiger charge is -2.39. The topological polar surface area (TPSA) is 73.3 Å². The second-order valence-corrected chi connectivity index (χ2v) is 7.23. The summed E-state index contributed by atoms with van der Waals surface area (Å²) in [4.78, 5) is 12.4. The molecule has 26 heavy (non-hydrogen) atoms.